The number of ether oxygens (including phenoxy) is 1. The van der Waals surface area contributed by atoms with Crippen LogP contribution >= 0.6 is 0 Å². The first-order valence-corrected chi connectivity index (χ1v) is 5.75. The minimum Gasteiger partial charge on any atom is -0.461 e. The summed E-state index contributed by atoms with van der Waals surface area (Å²) in [5, 5.41) is 0. The van der Waals surface area contributed by atoms with E-state index in [0.29, 0.717) is 11.4 Å². The molecule has 0 atom stereocenters. The van der Waals surface area contributed by atoms with E-state index in [-0.39, 0.29) is 24.1 Å². The third-order valence-electron chi connectivity index (χ3n) is 2.36. The third-order valence-corrected chi connectivity index (χ3v) is 2.36. The van der Waals surface area contributed by atoms with Crippen LogP contribution in [0.2, 0.25) is 0 Å². The molecule has 0 aliphatic rings. The van der Waals surface area contributed by atoms with Crippen LogP contribution in [0, 0.1) is 0 Å². The summed E-state index contributed by atoms with van der Waals surface area (Å²) in [6.07, 6.45) is 5.22. The van der Waals surface area contributed by atoms with E-state index in [2.05, 4.69) is 15.0 Å². The van der Waals surface area contributed by atoms with Crippen LogP contribution in [0.5, 0.6) is 0 Å². The van der Waals surface area contributed by atoms with Crippen LogP contribution in [0.4, 0.5) is 0 Å². The molecule has 3 heterocycles. The molecule has 8 nitrogen and oxygen atoms in total. The van der Waals surface area contributed by atoms with Crippen molar-refractivity contribution in [2.75, 3.05) is 6.61 Å². The highest BCUT2D eigenvalue weighted by molar-refractivity contribution is 5.87. The third kappa shape index (κ3) is 2.18. The van der Waals surface area contributed by atoms with Crippen LogP contribution in [-0.4, -0.2) is 27.5 Å². The highest BCUT2D eigenvalue weighted by Crippen LogP contribution is 2.23. The average Bonchev–Trinajstić information content (AvgIpc) is 3.19. The van der Waals surface area contributed by atoms with Crippen molar-refractivity contribution in [1.82, 2.24) is 15.0 Å². The summed E-state index contributed by atoms with van der Waals surface area (Å²) in [4.78, 5) is 23.5. The van der Waals surface area contributed by atoms with Gasteiger partial charge in [-0.25, -0.2) is 19.7 Å². The lowest BCUT2D eigenvalue weighted by molar-refractivity contribution is 0.0519. The number of hydrogen-bond acceptors (Lipinski definition) is 8. The molecule has 3 aromatic heterocycles. The molecule has 0 saturated carbocycles. The molecular weight excluding hydrogens is 266 g/mol. The van der Waals surface area contributed by atoms with Crippen LogP contribution < -0.4 is 0 Å². The van der Waals surface area contributed by atoms with Gasteiger partial charge in [-0.15, -0.1) is 0 Å². The zero-order chi connectivity index (χ0) is 13.9. The second kappa shape index (κ2) is 5.00. The van der Waals surface area contributed by atoms with Crippen LogP contribution in [-0.2, 0) is 4.74 Å². The van der Waals surface area contributed by atoms with E-state index in [0.717, 1.165) is 0 Å². The lowest BCUT2D eigenvalue weighted by atomic mass is 10.4. The van der Waals surface area contributed by atoms with Gasteiger partial charge in [0, 0.05) is 0 Å². The van der Waals surface area contributed by atoms with E-state index < -0.39 is 5.97 Å². The molecule has 0 radical (unpaired) electrons. The normalized spacial score (nSPS) is 10.7. The highest BCUT2D eigenvalue weighted by atomic mass is 16.5. The Hall–Kier alpha value is -2.90. The monoisotopic (exact) mass is 275 g/mol. The number of rotatable bonds is 4. The van der Waals surface area contributed by atoms with Crippen molar-refractivity contribution >= 4 is 5.97 Å². The molecular formula is C12H9N3O5. The molecule has 0 spiro atoms. The van der Waals surface area contributed by atoms with Crippen molar-refractivity contribution in [1.29, 1.82) is 0 Å². The second-order valence-electron chi connectivity index (χ2n) is 3.67. The summed E-state index contributed by atoms with van der Waals surface area (Å²) >= 11 is 0. The first-order valence-electron chi connectivity index (χ1n) is 5.75. The Morgan fingerprint density at radius 3 is 2.70 bits per heavy atom. The molecule has 8 heteroatoms. The number of oxazole rings is 3. The van der Waals surface area contributed by atoms with Gasteiger partial charge in [0.15, 0.2) is 23.5 Å². The van der Waals surface area contributed by atoms with E-state index in [1.54, 1.807) is 6.92 Å². The molecule has 0 N–H and O–H groups in total. The van der Waals surface area contributed by atoms with E-state index in [1.807, 2.05) is 0 Å². The minimum absolute atomic E-state index is 0.0767. The second-order valence-corrected chi connectivity index (χ2v) is 3.67. The van der Waals surface area contributed by atoms with Gasteiger partial charge in [-0.05, 0) is 6.92 Å². The number of esters is 1. The summed E-state index contributed by atoms with van der Waals surface area (Å²) in [5.74, 6) is -0.126. The van der Waals surface area contributed by atoms with Gasteiger partial charge in [0.05, 0.1) is 6.61 Å². The summed E-state index contributed by atoms with van der Waals surface area (Å²) in [6.45, 7) is 1.97. The molecule has 0 fully saturated rings. The molecule has 0 aromatic carbocycles. The van der Waals surface area contributed by atoms with Gasteiger partial charge in [0.25, 0.3) is 0 Å². The molecule has 0 unspecified atom stereocenters. The number of carbonyl (C=O) groups is 1. The number of hydrogen-bond donors (Lipinski definition) is 0. The zero-order valence-electron chi connectivity index (χ0n) is 10.4. The molecule has 0 amide bonds. The molecule has 3 rings (SSSR count). The van der Waals surface area contributed by atoms with Crippen LogP contribution in [0.25, 0.3) is 23.2 Å². The Balaban J connectivity index is 1.85. The quantitative estimate of drug-likeness (QED) is 0.667. The van der Waals surface area contributed by atoms with Gasteiger partial charge in [0.1, 0.15) is 18.8 Å². The molecule has 0 aliphatic carbocycles. The molecule has 3 aromatic rings. The Kier molecular flexibility index (Phi) is 3.04. The first-order chi connectivity index (χ1) is 9.78. The average molecular weight is 275 g/mol. The number of carbonyl (C=O) groups excluding carboxylic acids is 1. The largest absolute Gasteiger partial charge is 0.461 e. The summed E-state index contributed by atoms with van der Waals surface area (Å²) in [6, 6.07) is 0. The van der Waals surface area contributed by atoms with Crippen LogP contribution in [0.1, 0.15) is 17.4 Å². The van der Waals surface area contributed by atoms with Crippen molar-refractivity contribution in [3.05, 3.63) is 30.9 Å². The smallest absolute Gasteiger partial charge is 0.360 e. The highest BCUT2D eigenvalue weighted by Gasteiger charge is 2.18. The fraction of sp³-hybridized carbons (Fsp3) is 0.167. The van der Waals surface area contributed by atoms with Gasteiger partial charge < -0.3 is 18.0 Å². The Morgan fingerprint density at radius 1 is 1.15 bits per heavy atom. The van der Waals surface area contributed by atoms with Crippen LogP contribution in [0.15, 0.2) is 38.4 Å². The van der Waals surface area contributed by atoms with Crippen molar-refractivity contribution in [2.45, 2.75) is 6.92 Å². The standard InChI is InChI=1S/C12H9N3O5/c1-2-18-12(16)9-5-20-11(15-9)8-4-19-10(14-8)7-3-17-6-13-7/h3-6H,2H2,1H3. The molecule has 102 valence electrons. The maximum absolute atomic E-state index is 11.5. The van der Waals surface area contributed by atoms with Gasteiger partial charge in [0.2, 0.25) is 11.8 Å². The van der Waals surface area contributed by atoms with Gasteiger partial charge >= 0.3 is 5.97 Å². The van der Waals surface area contributed by atoms with E-state index in [9.17, 15) is 4.79 Å². The van der Waals surface area contributed by atoms with Gasteiger partial charge in [-0.3, -0.25) is 0 Å². The summed E-state index contributed by atoms with van der Waals surface area (Å²) in [5.41, 5.74) is 0.875. The fourth-order valence-electron chi connectivity index (χ4n) is 1.50. The van der Waals surface area contributed by atoms with E-state index >= 15 is 0 Å². The van der Waals surface area contributed by atoms with Gasteiger partial charge in [-0.1, -0.05) is 0 Å². The summed E-state index contributed by atoms with van der Waals surface area (Å²) in [7, 11) is 0. The van der Waals surface area contributed by atoms with Crippen molar-refractivity contribution in [3.63, 3.8) is 0 Å². The van der Waals surface area contributed by atoms with Gasteiger partial charge in [-0.2, -0.15) is 0 Å². The topological polar surface area (TPSA) is 104 Å². The summed E-state index contributed by atoms with van der Waals surface area (Å²) < 4.78 is 20.1. The predicted octanol–water partition coefficient (Wildman–Crippen LogP) is 2.16. The predicted molar refractivity (Wildman–Crippen MR) is 63.5 cm³/mol. The Labute approximate surface area is 112 Å². The molecule has 0 bridgehead atoms. The van der Waals surface area contributed by atoms with Crippen molar-refractivity contribution in [3.8, 4) is 23.2 Å². The fourth-order valence-corrected chi connectivity index (χ4v) is 1.50. The molecule has 20 heavy (non-hydrogen) atoms. The van der Waals surface area contributed by atoms with Crippen molar-refractivity contribution in [2.24, 2.45) is 0 Å². The lowest BCUT2D eigenvalue weighted by Gasteiger charge is -1.94. The minimum atomic E-state index is -0.553. The SMILES string of the molecule is CCOC(=O)c1coc(-c2coc(-c3cocn3)n2)n1. The zero-order valence-corrected chi connectivity index (χ0v) is 10.4. The first kappa shape index (κ1) is 12.2. The number of aromatic nitrogens is 3. The van der Waals surface area contributed by atoms with Crippen molar-refractivity contribution < 1.29 is 22.8 Å². The Bertz CT molecular complexity index is 713. The number of nitrogens with zero attached hydrogens (tertiary/aromatic N) is 3. The Morgan fingerprint density at radius 2 is 1.95 bits per heavy atom. The van der Waals surface area contributed by atoms with Crippen LogP contribution in [0.3, 0.4) is 0 Å². The van der Waals surface area contributed by atoms with E-state index in [4.69, 9.17) is 18.0 Å². The maximum Gasteiger partial charge on any atom is 0.360 e. The lowest BCUT2D eigenvalue weighted by Crippen LogP contribution is -2.04. The van der Waals surface area contributed by atoms with E-state index in [1.165, 1.54) is 25.2 Å². The maximum atomic E-state index is 11.5. The molecule has 0 saturated heterocycles. The molecule has 0 aliphatic heterocycles.